The van der Waals surface area contributed by atoms with E-state index in [0.29, 0.717) is 5.92 Å². The Morgan fingerprint density at radius 2 is 1.80 bits per heavy atom. The Morgan fingerprint density at radius 3 is 2.27 bits per heavy atom. The minimum absolute atomic E-state index is 0.175. The number of aliphatic hydroxyl groups is 1. The maximum atomic E-state index is 9.48. The van der Waals surface area contributed by atoms with Crippen LogP contribution in [0.4, 0.5) is 0 Å². The van der Waals surface area contributed by atoms with Crippen LogP contribution >= 0.6 is 11.6 Å². The number of hydrogen-bond acceptors (Lipinski definition) is 1. The summed E-state index contributed by atoms with van der Waals surface area (Å²) in [5.41, 5.74) is 1.08. The van der Waals surface area contributed by atoms with Crippen molar-refractivity contribution >= 4 is 11.6 Å². The number of benzene rings is 1. The van der Waals surface area contributed by atoms with Gasteiger partial charge in [-0.2, -0.15) is 0 Å². The van der Waals surface area contributed by atoms with Crippen molar-refractivity contribution in [2.45, 2.75) is 32.6 Å². The molecule has 1 rings (SSSR count). The monoisotopic (exact) mass is 226 g/mol. The number of halogens is 1. The summed E-state index contributed by atoms with van der Waals surface area (Å²) < 4.78 is 0. The van der Waals surface area contributed by atoms with E-state index in [1.807, 2.05) is 24.3 Å². The molecule has 84 valence electrons. The molecule has 1 N–H and O–H groups in total. The second-order valence-corrected chi connectivity index (χ2v) is 4.29. The molecule has 0 aliphatic carbocycles. The maximum absolute atomic E-state index is 9.48. The van der Waals surface area contributed by atoms with Crippen molar-refractivity contribution in [2.75, 3.05) is 6.61 Å². The topological polar surface area (TPSA) is 20.2 Å². The molecule has 1 nitrogen and oxygen atoms in total. The van der Waals surface area contributed by atoms with Gasteiger partial charge in [0.15, 0.2) is 0 Å². The smallest absolute Gasteiger partial charge is 0.0502 e. The van der Waals surface area contributed by atoms with Gasteiger partial charge >= 0.3 is 0 Å². The van der Waals surface area contributed by atoms with Crippen LogP contribution in [0.1, 0.15) is 38.2 Å². The first kappa shape index (κ1) is 12.5. The lowest BCUT2D eigenvalue weighted by molar-refractivity contribution is 0.218. The zero-order valence-electron chi connectivity index (χ0n) is 9.41. The second-order valence-electron chi connectivity index (χ2n) is 3.89. The third-order valence-corrected chi connectivity index (χ3v) is 3.46. The van der Waals surface area contributed by atoms with Gasteiger partial charge in [0.25, 0.3) is 0 Å². The molecule has 1 unspecified atom stereocenters. The predicted octanol–water partition coefficient (Wildman–Crippen LogP) is 3.85. The van der Waals surface area contributed by atoms with E-state index in [1.54, 1.807) is 0 Å². The average Bonchev–Trinajstić information content (AvgIpc) is 2.27. The van der Waals surface area contributed by atoms with Gasteiger partial charge in [0, 0.05) is 10.9 Å². The lowest BCUT2D eigenvalue weighted by Crippen LogP contribution is -2.15. The zero-order chi connectivity index (χ0) is 11.3. The van der Waals surface area contributed by atoms with Crippen molar-refractivity contribution in [1.29, 1.82) is 0 Å². The fourth-order valence-corrected chi connectivity index (χ4v) is 2.41. The standard InChI is InChI=1S/C13H19ClO/c1-3-10(4-2)12(9-15)11-7-5-6-8-13(11)14/h5-8,10,12,15H,3-4,9H2,1-2H3. The van der Waals surface area contributed by atoms with Crippen molar-refractivity contribution in [3.05, 3.63) is 34.9 Å². The summed E-state index contributed by atoms with van der Waals surface area (Å²) in [6, 6.07) is 7.81. The molecule has 2 heteroatoms. The molecule has 0 spiro atoms. The van der Waals surface area contributed by atoms with Gasteiger partial charge in [-0.3, -0.25) is 0 Å². The molecule has 0 aromatic heterocycles. The lowest BCUT2D eigenvalue weighted by atomic mass is 9.83. The molecule has 0 saturated heterocycles. The van der Waals surface area contributed by atoms with Gasteiger partial charge in [0.1, 0.15) is 0 Å². The third-order valence-electron chi connectivity index (χ3n) is 3.12. The van der Waals surface area contributed by atoms with E-state index in [0.717, 1.165) is 23.4 Å². The summed E-state index contributed by atoms with van der Waals surface area (Å²) in [6.07, 6.45) is 2.15. The van der Waals surface area contributed by atoms with Crippen molar-refractivity contribution in [1.82, 2.24) is 0 Å². The highest BCUT2D eigenvalue weighted by Crippen LogP contribution is 2.33. The number of hydrogen-bond donors (Lipinski definition) is 1. The van der Waals surface area contributed by atoms with E-state index in [2.05, 4.69) is 13.8 Å². The molecule has 0 saturated carbocycles. The van der Waals surface area contributed by atoms with Crippen molar-refractivity contribution < 1.29 is 5.11 Å². The summed E-state index contributed by atoms with van der Waals surface area (Å²) in [7, 11) is 0. The Morgan fingerprint density at radius 1 is 1.20 bits per heavy atom. The van der Waals surface area contributed by atoms with Gasteiger partial charge < -0.3 is 5.11 Å². The lowest BCUT2D eigenvalue weighted by Gasteiger charge is -2.24. The van der Waals surface area contributed by atoms with E-state index in [1.165, 1.54) is 0 Å². The van der Waals surface area contributed by atoms with E-state index in [9.17, 15) is 5.11 Å². The van der Waals surface area contributed by atoms with Crippen LogP contribution in [-0.4, -0.2) is 11.7 Å². The van der Waals surface area contributed by atoms with Gasteiger partial charge in [-0.15, -0.1) is 0 Å². The molecule has 1 aromatic carbocycles. The molecule has 15 heavy (non-hydrogen) atoms. The van der Waals surface area contributed by atoms with Crippen LogP contribution < -0.4 is 0 Å². The van der Waals surface area contributed by atoms with Crippen LogP contribution in [0.25, 0.3) is 0 Å². The Labute approximate surface area is 97.1 Å². The summed E-state index contributed by atoms with van der Waals surface area (Å²) in [5.74, 6) is 0.684. The van der Waals surface area contributed by atoms with Gasteiger partial charge in [0.05, 0.1) is 6.61 Å². The summed E-state index contributed by atoms with van der Waals surface area (Å²) in [6.45, 7) is 4.50. The fraction of sp³-hybridized carbons (Fsp3) is 0.538. The van der Waals surface area contributed by atoms with E-state index >= 15 is 0 Å². The largest absolute Gasteiger partial charge is 0.396 e. The SMILES string of the molecule is CCC(CC)C(CO)c1ccccc1Cl. The van der Waals surface area contributed by atoms with Crippen LogP contribution in [0.3, 0.4) is 0 Å². The highest BCUT2D eigenvalue weighted by molar-refractivity contribution is 6.31. The van der Waals surface area contributed by atoms with E-state index in [4.69, 9.17) is 11.6 Å². The van der Waals surface area contributed by atoms with Gasteiger partial charge in [-0.05, 0) is 17.5 Å². The Kier molecular flexibility index (Phi) is 5.13. The minimum Gasteiger partial charge on any atom is -0.396 e. The summed E-state index contributed by atoms with van der Waals surface area (Å²) in [4.78, 5) is 0. The van der Waals surface area contributed by atoms with Gasteiger partial charge in [0.2, 0.25) is 0 Å². The summed E-state index contributed by atoms with van der Waals surface area (Å²) >= 11 is 6.14. The number of rotatable bonds is 5. The fourth-order valence-electron chi connectivity index (χ4n) is 2.13. The van der Waals surface area contributed by atoms with E-state index < -0.39 is 0 Å². The second kappa shape index (κ2) is 6.14. The molecule has 0 radical (unpaired) electrons. The molecular weight excluding hydrogens is 208 g/mol. The predicted molar refractivity (Wildman–Crippen MR) is 65.4 cm³/mol. The molecule has 0 fully saturated rings. The van der Waals surface area contributed by atoms with Crippen LogP contribution in [0.15, 0.2) is 24.3 Å². The Balaban J connectivity index is 2.96. The molecule has 0 aliphatic heterocycles. The highest BCUT2D eigenvalue weighted by atomic mass is 35.5. The molecule has 1 aromatic rings. The minimum atomic E-state index is 0.175. The molecule has 0 amide bonds. The first-order valence-electron chi connectivity index (χ1n) is 5.59. The van der Waals surface area contributed by atoms with Gasteiger partial charge in [-0.1, -0.05) is 56.5 Å². The van der Waals surface area contributed by atoms with Crippen LogP contribution in [-0.2, 0) is 0 Å². The first-order chi connectivity index (χ1) is 7.24. The Hall–Kier alpha value is -0.530. The third kappa shape index (κ3) is 2.96. The van der Waals surface area contributed by atoms with Crippen LogP contribution in [0.5, 0.6) is 0 Å². The van der Waals surface area contributed by atoms with Crippen molar-refractivity contribution in [3.63, 3.8) is 0 Å². The zero-order valence-corrected chi connectivity index (χ0v) is 10.2. The van der Waals surface area contributed by atoms with E-state index in [-0.39, 0.29) is 12.5 Å². The maximum Gasteiger partial charge on any atom is 0.0502 e. The molecule has 1 atom stereocenters. The highest BCUT2D eigenvalue weighted by Gasteiger charge is 2.21. The van der Waals surface area contributed by atoms with Crippen molar-refractivity contribution in [3.8, 4) is 0 Å². The molecule has 0 heterocycles. The Bertz CT molecular complexity index is 294. The van der Waals surface area contributed by atoms with Crippen molar-refractivity contribution in [2.24, 2.45) is 5.92 Å². The number of aliphatic hydroxyl groups excluding tert-OH is 1. The molecule has 0 bridgehead atoms. The first-order valence-corrected chi connectivity index (χ1v) is 5.97. The molecule has 0 aliphatic rings. The van der Waals surface area contributed by atoms with Crippen LogP contribution in [0.2, 0.25) is 5.02 Å². The molecular formula is C13H19ClO. The average molecular weight is 227 g/mol. The summed E-state index contributed by atoms with van der Waals surface area (Å²) in [5, 5.41) is 10.2. The quantitative estimate of drug-likeness (QED) is 0.809. The van der Waals surface area contributed by atoms with Gasteiger partial charge in [-0.25, -0.2) is 0 Å². The van der Waals surface area contributed by atoms with Crippen LogP contribution in [0, 0.1) is 5.92 Å². The normalized spacial score (nSPS) is 13.1.